The number of carboxylic acids is 2. The summed E-state index contributed by atoms with van der Waals surface area (Å²) >= 11 is 1.75. The third-order valence-electron chi connectivity index (χ3n) is 6.15. The normalized spacial score (nSPS) is 19.3. The second-order valence-electron chi connectivity index (χ2n) is 9.43. The molecule has 2 saturated carbocycles. The highest BCUT2D eigenvalue weighted by Crippen LogP contribution is 2.36. The van der Waals surface area contributed by atoms with E-state index in [4.69, 9.17) is 29.6 Å². The fourth-order valence-corrected chi connectivity index (χ4v) is 4.45. The average Bonchev–Trinajstić information content (AvgIpc) is 3.75. The van der Waals surface area contributed by atoms with E-state index >= 15 is 0 Å². The Morgan fingerprint density at radius 3 is 2.08 bits per heavy atom. The van der Waals surface area contributed by atoms with Gasteiger partial charge in [0.05, 0.1) is 31.1 Å². The van der Waals surface area contributed by atoms with Crippen LogP contribution in [0, 0.1) is 11.8 Å². The topological polar surface area (TPSA) is 118 Å². The molecular formula is C23H28F6N4O5S. The standard InChI is InChI=1S/C19H26N4OS.2C2HF3O2/c1-2-14(1)10-23-19-16(9-21-23)5-7-22(11-18-20-6-8-25-18)17(19)13-24-12-15-3-4-15;2*3-2(4,5)1(6)7/h6,8-9,14-15,17H,1-5,7,10-13H2;2*(H,6,7). The predicted molar refractivity (Wildman–Crippen MR) is 125 cm³/mol. The van der Waals surface area contributed by atoms with Crippen LogP contribution < -0.4 is 0 Å². The van der Waals surface area contributed by atoms with E-state index in [-0.39, 0.29) is 0 Å². The minimum absolute atomic E-state index is 0.313. The summed E-state index contributed by atoms with van der Waals surface area (Å²) in [6, 6.07) is 0.313. The Balaban J connectivity index is 0.000000251. The van der Waals surface area contributed by atoms with Gasteiger partial charge in [-0.15, -0.1) is 11.3 Å². The molecule has 0 spiro atoms. The Hall–Kier alpha value is -2.72. The molecule has 39 heavy (non-hydrogen) atoms. The summed E-state index contributed by atoms with van der Waals surface area (Å²) in [7, 11) is 0. The molecule has 2 aliphatic carbocycles. The highest BCUT2D eigenvalue weighted by atomic mass is 32.1. The van der Waals surface area contributed by atoms with Crippen LogP contribution in [-0.4, -0.2) is 73.9 Å². The number of aromatic nitrogens is 3. The minimum Gasteiger partial charge on any atom is -0.475 e. The number of carbonyl (C=O) groups is 2. The largest absolute Gasteiger partial charge is 0.490 e. The van der Waals surface area contributed by atoms with E-state index in [0.717, 1.165) is 51.1 Å². The molecule has 218 valence electrons. The van der Waals surface area contributed by atoms with E-state index < -0.39 is 24.3 Å². The number of hydrogen-bond acceptors (Lipinski definition) is 7. The third kappa shape index (κ3) is 10.1. The van der Waals surface area contributed by atoms with Gasteiger partial charge in [0, 0.05) is 31.3 Å². The summed E-state index contributed by atoms with van der Waals surface area (Å²) in [6.07, 6.45) is 0.347. The summed E-state index contributed by atoms with van der Waals surface area (Å²) in [6.45, 7) is 4.78. The van der Waals surface area contributed by atoms with Gasteiger partial charge in [0.25, 0.3) is 0 Å². The number of rotatable bonds is 8. The van der Waals surface area contributed by atoms with Crippen LogP contribution in [0.5, 0.6) is 0 Å². The van der Waals surface area contributed by atoms with Crippen LogP contribution in [0.3, 0.4) is 0 Å². The van der Waals surface area contributed by atoms with Gasteiger partial charge in [-0.2, -0.15) is 31.4 Å². The van der Waals surface area contributed by atoms with E-state index in [1.54, 1.807) is 11.3 Å². The zero-order valence-corrected chi connectivity index (χ0v) is 21.4. The summed E-state index contributed by atoms with van der Waals surface area (Å²) in [5.41, 5.74) is 2.83. The quantitative estimate of drug-likeness (QED) is 0.433. The number of nitrogens with zero attached hydrogens (tertiary/aromatic N) is 4. The number of ether oxygens (including phenoxy) is 1. The molecular weight excluding hydrogens is 558 g/mol. The molecule has 1 atom stereocenters. The van der Waals surface area contributed by atoms with Crippen molar-refractivity contribution in [2.45, 2.75) is 63.6 Å². The molecule has 0 aromatic carbocycles. The van der Waals surface area contributed by atoms with E-state index in [1.807, 2.05) is 6.20 Å². The fraction of sp³-hybridized carbons (Fsp3) is 0.652. The van der Waals surface area contributed by atoms with Gasteiger partial charge in [0.2, 0.25) is 0 Å². The summed E-state index contributed by atoms with van der Waals surface area (Å²) in [5, 5.41) is 22.3. The summed E-state index contributed by atoms with van der Waals surface area (Å²) in [4.78, 5) is 24.8. The van der Waals surface area contributed by atoms with E-state index in [9.17, 15) is 26.3 Å². The summed E-state index contributed by atoms with van der Waals surface area (Å²) in [5.74, 6) is -3.86. The minimum atomic E-state index is -5.08. The first-order chi connectivity index (χ1) is 18.3. The smallest absolute Gasteiger partial charge is 0.475 e. The van der Waals surface area contributed by atoms with Crippen molar-refractivity contribution in [3.63, 3.8) is 0 Å². The molecule has 1 aliphatic heterocycles. The van der Waals surface area contributed by atoms with E-state index in [1.165, 1.54) is 41.9 Å². The Kier molecular flexibility index (Phi) is 10.3. The maximum atomic E-state index is 10.6. The second kappa shape index (κ2) is 13.1. The Morgan fingerprint density at radius 1 is 1.00 bits per heavy atom. The van der Waals surface area contributed by atoms with Crippen molar-refractivity contribution in [2.24, 2.45) is 11.8 Å². The number of hydrogen-bond donors (Lipinski definition) is 2. The predicted octanol–water partition coefficient (Wildman–Crippen LogP) is 4.54. The maximum absolute atomic E-state index is 10.6. The van der Waals surface area contributed by atoms with Crippen LogP contribution in [0.25, 0.3) is 0 Å². The molecule has 0 radical (unpaired) electrons. The monoisotopic (exact) mass is 586 g/mol. The first kappa shape index (κ1) is 30.8. The lowest BCUT2D eigenvalue weighted by Crippen LogP contribution is -2.38. The van der Waals surface area contributed by atoms with Gasteiger partial charge < -0.3 is 14.9 Å². The van der Waals surface area contributed by atoms with Gasteiger partial charge >= 0.3 is 24.3 Å². The molecule has 9 nitrogen and oxygen atoms in total. The number of fused-ring (bicyclic) bond motifs is 1. The number of halogens is 6. The van der Waals surface area contributed by atoms with Crippen LogP contribution in [0.1, 0.15) is 48.0 Å². The summed E-state index contributed by atoms with van der Waals surface area (Å²) < 4.78 is 71.9. The SMILES string of the molecule is O=C(O)C(F)(F)F.O=C(O)C(F)(F)F.c1csc(CN2CCc3cnn(CC4CC4)c3C2COCC2CC2)n1. The van der Waals surface area contributed by atoms with Crippen molar-refractivity contribution in [3.05, 3.63) is 34.0 Å². The molecule has 2 aromatic rings. The van der Waals surface area contributed by atoms with Crippen LogP contribution in [0.2, 0.25) is 0 Å². The van der Waals surface area contributed by atoms with Crippen molar-refractivity contribution in [3.8, 4) is 0 Å². The molecule has 3 aliphatic rings. The lowest BCUT2D eigenvalue weighted by atomic mass is 10.00. The van der Waals surface area contributed by atoms with Gasteiger partial charge in [-0.3, -0.25) is 9.58 Å². The van der Waals surface area contributed by atoms with Gasteiger partial charge in [-0.25, -0.2) is 14.6 Å². The van der Waals surface area contributed by atoms with Crippen LogP contribution in [-0.2, 0) is 33.8 Å². The number of thiazole rings is 1. The van der Waals surface area contributed by atoms with E-state index in [0.29, 0.717) is 6.04 Å². The third-order valence-corrected chi connectivity index (χ3v) is 6.91. The molecule has 3 heterocycles. The van der Waals surface area contributed by atoms with E-state index in [2.05, 4.69) is 26.1 Å². The van der Waals surface area contributed by atoms with Crippen LogP contribution in [0.15, 0.2) is 17.8 Å². The van der Waals surface area contributed by atoms with Crippen molar-refractivity contribution in [1.82, 2.24) is 19.7 Å². The fourth-order valence-electron chi connectivity index (χ4n) is 3.80. The number of carboxylic acid groups (broad SMARTS) is 2. The lowest BCUT2D eigenvalue weighted by molar-refractivity contribution is -0.193. The number of aliphatic carboxylic acids is 2. The Labute approximate surface area is 223 Å². The van der Waals surface area contributed by atoms with Gasteiger partial charge in [-0.1, -0.05) is 0 Å². The van der Waals surface area contributed by atoms with Gasteiger partial charge in [0.15, 0.2) is 0 Å². The highest BCUT2D eigenvalue weighted by Gasteiger charge is 2.39. The Bertz CT molecular complexity index is 1060. The van der Waals surface area contributed by atoms with Gasteiger partial charge in [-0.05, 0) is 49.5 Å². The second-order valence-corrected chi connectivity index (χ2v) is 10.4. The van der Waals surface area contributed by atoms with Crippen molar-refractivity contribution < 1.29 is 50.9 Å². The highest BCUT2D eigenvalue weighted by molar-refractivity contribution is 7.09. The maximum Gasteiger partial charge on any atom is 0.490 e. The van der Waals surface area contributed by atoms with Gasteiger partial charge in [0.1, 0.15) is 5.01 Å². The molecule has 0 bridgehead atoms. The molecule has 2 N–H and O–H groups in total. The van der Waals surface area contributed by atoms with Crippen molar-refractivity contribution in [2.75, 3.05) is 19.8 Å². The van der Waals surface area contributed by atoms with Crippen LogP contribution in [0.4, 0.5) is 26.3 Å². The van der Waals surface area contributed by atoms with Crippen LogP contribution >= 0.6 is 11.3 Å². The van der Waals surface area contributed by atoms with Crippen molar-refractivity contribution >= 4 is 23.3 Å². The lowest BCUT2D eigenvalue weighted by Gasteiger charge is -2.35. The molecule has 1 unspecified atom stereocenters. The molecule has 5 rings (SSSR count). The molecule has 0 saturated heterocycles. The first-order valence-corrected chi connectivity index (χ1v) is 13.0. The Morgan fingerprint density at radius 2 is 1.59 bits per heavy atom. The zero-order chi connectivity index (χ0) is 28.8. The molecule has 0 amide bonds. The number of alkyl halides is 6. The average molecular weight is 587 g/mol. The molecule has 2 fully saturated rings. The van der Waals surface area contributed by atoms with Crippen molar-refractivity contribution in [1.29, 1.82) is 0 Å². The molecule has 16 heteroatoms. The zero-order valence-electron chi connectivity index (χ0n) is 20.6. The molecule has 2 aromatic heterocycles. The first-order valence-electron chi connectivity index (χ1n) is 12.1.